The Labute approximate surface area is 97.8 Å². The Bertz CT molecular complexity index is 310. The number of hydrogen-bond donors (Lipinski definition) is 0. The van der Waals surface area contributed by atoms with Crippen molar-refractivity contribution in [2.24, 2.45) is 5.92 Å². The lowest BCUT2D eigenvalue weighted by atomic mass is 9.81. The summed E-state index contributed by atoms with van der Waals surface area (Å²) in [6.45, 7) is 1.34. The summed E-state index contributed by atoms with van der Waals surface area (Å²) in [5, 5.41) is 0. The normalized spacial score (nSPS) is 17.2. The van der Waals surface area contributed by atoms with E-state index in [1.165, 1.54) is 26.2 Å². The summed E-state index contributed by atoms with van der Waals surface area (Å²) in [6.07, 6.45) is 17.4. The van der Waals surface area contributed by atoms with Gasteiger partial charge in [0.25, 0.3) is 0 Å². The van der Waals surface area contributed by atoms with Gasteiger partial charge in [0.05, 0.1) is 0 Å². The lowest BCUT2D eigenvalue weighted by Gasteiger charge is -2.29. The Balaban J connectivity index is 2.67. The van der Waals surface area contributed by atoms with Crippen molar-refractivity contribution in [3.63, 3.8) is 0 Å². The van der Waals surface area contributed by atoms with Gasteiger partial charge < -0.3 is 4.74 Å². The van der Waals surface area contributed by atoms with Crippen molar-refractivity contribution >= 4 is 5.97 Å². The molecule has 1 rings (SSSR count). The highest BCUT2D eigenvalue weighted by Gasteiger charge is 2.32. The SMILES string of the molecule is C#CC(C#C)(CC1CCCCC1)OC(C)=O. The van der Waals surface area contributed by atoms with Crippen LogP contribution in [0.2, 0.25) is 0 Å². The fourth-order valence-corrected chi connectivity index (χ4v) is 2.30. The molecule has 0 atom stereocenters. The van der Waals surface area contributed by atoms with E-state index in [0.717, 1.165) is 12.8 Å². The summed E-state index contributed by atoms with van der Waals surface area (Å²) in [6, 6.07) is 0. The van der Waals surface area contributed by atoms with Crippen molar-refractivity contribution in [1.29, 1.82) is 0 Å². The van der Waals surface area contributed by atoms with Gasteiger partial charge >= 0.3 is 5.97 Å². The lowest BCUT2D eigenvalue weighted by Crippen LogP contribution is -2.34. The van der Waals surface area contributed by atoms with E-state index in [4.69, 9.17) is 17.6 Å². The Kier molecular flexibility index (Phi) is 4.44. The van der Waals surface area contributed by atoms with E-state index in [1.54, 1.807) is 0 Å². The molecule has 16 heavy (non-hydrogen) atoms. The number of rotatable bonds is 3. The van der Waals surface area contributed by atoms with Gasteiger partial charge in [-0.05, 0) is 17.8 Å². The van der Waals surface area contributed by atoms with Gasteiger partial charge in [-0.1, -0.05) is 32.1 Å². The maximum atomic E-state index is 11.0. The zero-order valence-electron chi connectivity index (χ0n) is 9.79. The molecule has 0 bridgehead atoms. The predicted molar refractivity (Wildman–Crippen MR) is 63.4 cm³/mol. The average molecular weight is 218 g/mol. The number of terminal acetylenes is 2. The molecule has 0 heterocycles. The predicted octanol–water partition coefficient (Wildman–Crippen LogP) is 2.53. The highest BCUT2D eigenvalue weighted by Crippen LogP contribution is 2.31. The summed E-state index contributed by atoms with van der Waals surface area (Å²) in [5.74, 6) is 5.01. The highest BCUT2D eigenvalue weighted by atomic mass is 16.6. The quantitative estimate of drug-likeness (QED) is 0.537. The van der Waals surface area contributed by atoms with Crippen molar-refractivity contribution in [2.75, 3.05) is 0 Å². The fourth-order valence-electron chi connectivity index (χ4n) is 2.30. The van der Waals surface area contributed by atoms with Gasteiger partial charge in [0.2, 0.25) is 5.60 Å². The molecule has 2 heteroatoms. The first-order chi connectivity index (χ1) is 7.62. The molecule has 1 fully saturated rings. The van der Waals surface area contributed by atoms with Gasteiger partial charge in [0.15, 0.2) is 0 Å². The van der Waals surface area contributed by atoms with Gasteiger partial charge in [0.1, 0.15) is 0 Å². The van der Waals surface area contributed by atoms with E-state index < -0.39 is 11.6 Å². The summed E-state index contributed by atoms with van der Waals surface area (Å²) in [7, 11) is 0. The minimum atomic E-state index is -1.13. The van der Waals surface area contributed by atoms with Gasteiger partial charge in [0, 0.05) is 13.3 Å². The van der Waals surface area contributed by atoms with Crippen molar-refractivity contribution in [1.82, 2.24) is 0 Å². The molecule has 86 valence electrons. The molecule has 0 radical (unpaired) electrons. The van der Waals surface area contributed by atoms with Crippen LogP contribution in [0.25, 0.3) is 0 Å². The third-order valence-corrected chi connectivity index (χ3v) is 3.09. The molecular formula is C14H18O2. The largest absolute Gasteiger partial charge is 0.435 e. The summed E-state index contributed by atoms with van der Waals surface area (Å²) >= 11 is 0. The van der Waals surface area contributed by atoms with Crippen LogP contribution in [0.4, 0.5) is 0 Å². The zero-order valence-corrected chi connectivity index (χ0v) is 9.79. The van der Waals surface area contributed by atoms with Gasteiger partial charge in [-0.15, -0.1) is 12.8 Å². The highest BCUT2D eigenvalue weighted by molar-refractivity contribution is 5.67. The molecule has 1 saturated carbocycles. The second kappa shape index (κ2) is 5.61. The summed E-state index contributed by atoms with van der Waals surface area (Å²) in [4.78, 5) is 11.0. The van der Waals surface area contributed by atoms with Crippen molar-refractivity contribution in [3.8, 4) is 24.7 Å². The molecule has 0 amide bonds. The van der Waals surface area contributed by atoms with Gasteiger partial charge in [-0.3, -0.25) is 4.79 Å². The molecule has 0 aromatic heterocycles. The summed E-state index contributed by atoms with van der Waals surface area (Å²) < 4.78 is 5.13. The van der Waals surface area contributed by atoms with Crippen LogP contribution in [0.5, 0.6) is 0 Å². The van der Waals surface area contributed by atoms with E-state index in [2.05, 4.69) is 11.8 Å². The molecule has 0 aromatic rings. The van der Waals surface area contributed by atoms with Crippen LogP contribution < -0.4 is 0 Å². The first-order valence-electron chi connectivity index (χ1n) is 5.77. The molecule has 1 aliphatic carbocycles. The summed E-state index contributed by atoms with van der Waals surface area (Å²) in [5.41, 5.74) is -1.13. The fraction of sp³-hybridized carbons (Fsp3) is 0.643. The van der Waals surface area contributed by atoms with Crippen LogP contribution in [0.15, 0.2) is 0 Å². The Morgan fingerprint density at radius 1 is 1.31 bits per heavy atom. The lowest BCUT2D eigenvalue weighted by molar-refractivity contribution is -0.148. The molecule has 0 aromatic carbocycles. The van der Waals surface area contributed by atoms with Crippen LogP contribution >= 0.6 is 0 Å². The topological polar surface area (TPSA) is 26.3 Å². The molecule has 0 N–H and O–H groups in total. The second-order valence-electron chi connectivity index (χ2n) is 4.42. The van der Waals surface area contributed by atoms with E-state index in [0.29, 0.717) is 12.3 Å². The molecule has 1 aliphatic rings. The number of hydrogen-bond acceptors (Lipinski definition) is 2. The van der Waals surface area contributed by atoms with Crippen molar-refractivity contribution in [2.45, 2.75) is 51.0 Å². The standard InChI is InChI=1S/C14H18O2/c1-4-14(5-2,16-12(3)15)11-13-9-7-6-8-10-13/h1-2,13H,6-11H2,3H3. The Hall–Kier alpha value is -1.41. The van der Waals surface area contributed by atoms with Crippen LogP contribution in [0, 0.1) is 30.6 Å². The van der Waals surface area contributed by atoms with Gasteiger partial charge in [-0.25, -0.2) is 0 Å². The first kappa shape index (κ1) is 12.7. The number of carbonyl (C=O) groups is 1. The van der Waals surface area contributed by atoms with E-state index in [1.807, 2.05) is 0 Å². The third kappa shape index (κ3) is 3.31. The van der Waals surface area contributed by atoms with E-state index in [9.17, 15) is 4.79 Å². The van der Waals surface area contributed by atoms with E-state index >= 15 is 0 Å². The average Bonchev–Trinajstić information content (AvgIpc) is 2.29. The number of carbonyl (C=O) groups excluding carboxylic acids is 1. The number of esters is 1. The second-order valence-corrected chi connectivity index (χ2v) is 4.42. The molecular weight excluding hydrogens is 200 g/mol. The van der Waals surface area contributed by atoms with Crippen molar-refractivity contribution in [3.05, 3.63) is 0 Å². The Morgan fingerprint density at radius 3 is 2.31 bits per heavy atom. The third-order valence-electron chi connectivity index (χ3n) is 3.09. The minimum Gasteiger partial charge on any atom is -0.435 e. The number of ether oxygens (including phenoxy) is 1. The maximum absolute atomic E-state index is 11.0. The van der Waals surface area contributed by atoms with E-state index in [-0.39, 0.29) is 0 Å². The van der Waals surface area contributed by atoms with Crippen LogP contribution in [0.1, 0.15) is 45.4 Å². The van der Waals surface area contributed by atoms with Crippen molar-refractivity contribution < 1.29 is 9.53 Å². The van der Waals surface area contributed by atoms with Crippen LogP contribution in [0.3, 0.4) is 0 Å². The minimum absolute atomic E-state index is 0.410. The monoisotopic (exact) mass is 218 g/mol. The molecule has 0 unspecified atom stereocenters. The maximum Gasteiger partial charge on any atom is 0.304 e. The first-order valence-corrected chi connectivity index (χ1v) is 5.77. The zero-order chi connectivity index (χ0) is 12.0. The van der Waals surface area contributed by atoms with Crippen LogP contribution in [-0.2, 0) is 9.53 Å². The molecule has 0 aliphatic heterocycles. The molecule has 0 spiro atoms. The molecule has 2 nitrogen and oxygen atoms in total. The van der Waals surface area contributed by atoms with Gasteiger partial charge in [-0.2, -0.15) is 0 Å². The smallest absolute Gasteiger partial charge is 0.304 e. The van der Waals surface area contributed by atoms with Crippen LogP contribution in [-0.4, -0.2) is 11.6 Å². The molecule has 0 saturated heterocycles. The Morgan fingerprint density at radius 2 is 1.88 bits per heavy atom.